The molecule has 0 N–H and O–H groups in total. The highest BCUT2D eigenvalue weighted by molar-refractivity contribution is 6.00. The molecule has 0 saturated heterocycles. The Morgan fingerprint density at radius 2 is 1.78 bits per heavy atom. The summed E-state index contributed by atoms with van der Waals surface area (Å²) in [5.74, 6) is -1.35. The first-order chi connectivity index (χ1) is 8.52. The fraction of sp³-hybridized carbons (Fsp3) is 0.615. The van der Waals surface area contributed by atoms with E-state index < -0.39 is 17.8 Å². The van der Waals surface area contributed by atoms with E-state index in [-0.39, 0.29) is 13.2 Å². The summed E-state index contributed by atoms with van der Waals surface area (Å²) in [6.07, 6.45) is 3.71. The van der Waals surface area contributed by atoms with Crippen molar-refractivity contribution in [3.8, 4) is 0 Å². The molecule has 0 bridgehead atoms. The van der Waals surface area contributed by atoms with E-state index in [2.05, 4.69) is 0 Å². The zero-order chi connectivity index (χ0) is 14.6. The molecule has 5 nitrogen and oxygen atoms in total. The van der Waals surface area contributed by atoms with Crippen LogP contribution < -0.4 is 0 Å². The van der Waals surface area contributed by atoms with Gasteiger partial charge >= 0.3 is 5.97 Å². The number of nitrogens with zero attached hydrogens (tertiary/aromatic N) is 1. The second-order valence-electron chi connectivity index (χ2n) is 3.18. The molecule has 0 radical (unpaired) electrons. The molecular weight excluding hydrogens is 234 g/mol. The van der Waals surface area contributed by atoms with Crippen molar-refractivity contribution in [3.05, 3.63) is 12.2 Å². The molecule has 0 saturated carbocycles. The Morgan fingerprint density at radius 1 is 1.22 bits per heavy atom. The van der Waals surface area contributed by atoms with Gasteiger partial charge in [-0.15, -0.1) is 0 Å². The maximum atomic E-state index is 11.4. The maximum Gasteiger partial charge on any atom is 0.307 e. The Morgan fingerprint density at radius 3 is 2.17 bits per heavy atom. The minimum absolute atomic E-state index is 0.281. The molecule has 2 amide bonds. The van der Waals surface area contributed by atoms with Crippen molar-refractivity contribution in [2.45, 2.75) is 47.5 Å². The molecule has 0 aromatic carbocycles. The zero-order valence-electron chi connectivity index (χ0n) is 11.9. The van der Waals surface area contributed by atoms with E-state index in [1.807, 2.05) is 20.8 Å². The molecule has 0 atom stereocenters. The highest BCUT2D eigenvalue weighted by atomic mass is 16.5. The number of carbonyl (C=O) groups excluding carboxylic acids is 3. The van der Waals surface area contributed by atoms with Crippen molar-refractivity contribution in [1.29, 1.82) is 0 Å². The van der Waals surface area contributed by atoms with E-state index in [0.717, 1.165) is 4.90 Å². The largest absolute Gasteiger partial charge is 0.444 e. The summed E-state index contributed by atoms with van der Waals surface area (Å²) in [5.41, 5.74) is 0. The monoisotopic (exact) mass is 257 g/mol. The highest BCUT2D eigenvalue weighted by Crippen LogP contribution is 1.97. The number of esters is 1. The van der Waals surface area contributed by atoms with Crippen molar-refractivity contribution in [2.75, 3.05) is 6.73 Å². The summed E-state index contributed by atoms with van der Waals surface area (Å²) >= 11 is 0. The predicted molar refractivity (Wildman–Crippen MR) is 69.6 cm³/mol. The molecule has 0 aliphatic heterocycles. The third-order valence-corrected chi connectivity index (χ3v) is 1.76. The third kappa shape index (κ3) is 8.50. The van der Waals surface area contributed by atoms with Crippen molar-refractivity contribution in [1.82, 2.24) is 4.90 Å². The van der Waals surface area contributed by atoms with Crippen LogP contribution in [0.15, 0.2) is 12.2 Å². The average molecular weight is 257 g/mol. The van der Waals surface area contributed by atoms with Gasteiger partial charge in [-0.05, 0) is 19.4 Å². The first-order valence-electron chi connectivity index (χ1n) is 6.13. The van der Waals surface area contributed by atoms with E-state index in [1.54, 1.807) is 6.92 Å². The van der Waals surface area contributed by atoms with Gasteiger partial charge < -0.3 is 4.74 Å². The van der Waals surface area contributed by atoms with Crippen LogP contribution in [0.5, 0.6) is 0 Å². The molecule has 104 valence electrons. The predicted octanol–water partition coefficient (Wildman–Crippen LogP) is 2.26. The van der Waals surface area contributed by atoms with Crippen LogP contribution in [0.3, 0.4) is 0 Å². The number of rotatable bonds is 5. The topological polar surface area (TPSA) is 63.7 Å². The number of allylic oxidation sites excluding steroid dienone is 1. The van der Waals surface area contributed by atoms with Crippen LogP contribution in [-0.2, 0) is 19.1 Å². The van der Waals surface area contributed by atoms with Gasteiger partial charge in [0.1, 0.15) is 0 Å². The highest BCUT2D eigenvalue weighted by Gasteiger charge is 2.16. The summed E-state index contributed by atoms with van der Waals surface area (Å²) in [6, 6.07) is 0. The number of ether oxygens (including phenoxy) is 1. The molecule has 0 aliphatic carbocycles. The first-order valence-corrected chi connectivity index (χ1v) is 6.13. The van der Waals surface area contributed by atoms with Gasteiger partial charge in [-0.3, -0.25) is 14.4 Å². The van der Waals surface area contributed by atoms with Gasteiger partial charge in [0.15, 0.2) is 6.73 Å². The van der Waals surface area contributed by atoms with Gasteiger partial charge in [0.05, 0.1) is 0 Å². The number of carbonyl (C=O) groups is 3. The Bertz CT molecular complexity index is 297. The Labute approximate surface area is 109 Å². The number of amides is 2. The Kier molecular flexibility index (Phi) is 12.3. The third-order valence-electron chi connectivity index (χ3n) is 1.76. The molecule has 0 heterocycles. The van der Waals surface area contributed by atoms with Gasteiger partial charge in [-0.1, -0.05) is 26.8 Å². The molecule has 0 aromatic heterocycles. The molecular formula is C13H23NO4. The minimum atomic E-state index is -0.487. The van der Waals surface area contributed by atoms with Gasteiger partial charge in [-0.25, -0.2) is 4.90 Å². The second-order valence-corrected chi connectivity index (χ2v) is 3.18. The quantitative estimate of drug-likeness (QED) is 0.430. The van der Waals surface area contributed by atoms with Crippen LogP contribution in [0, 0.1) is 0 Å². The molecule has 0 fully saturated rings. The van der Waals surface area contributed by atoms with Gasteiger partial charge in [0.25, 0.3) is 5.91 Å². The van der Waals surface area contributed by atoms with Crippen molar-refractivity contribution in [3.63, 3.8) is 0 Å². The SMILES string of the molecule is C/C=C\C(=O)N(COC(=O)CCC)C(C)=O.CC. The van der Waals surface area contributed by atoms with Crippen molar-refractivity contribution < 1.29 is 19.1 Å². The standard InChI is InChI=1S/C11H17NO4.C2H6/c1-4-6-10(14)12(9(3)13)8-16-11(15)7-5-2;1-2/h4,6H,5,7-8H2,1-3H3;1-2H3/b6-4-;. The molecule has 0 rings (SSSR count). The molecule has 5 heteroatoms. The lowest BCUT2D eigenvalue weighted by Gasteiger charge is -2.16. The fourth-order valence-corrected chi connectivity index (χ4v) is 0.955. The molecule has 0 spiro atoms. The normalized spacial score (nSPS) is 9.39. The van der Waals surface area contributed by atoms with E-state index in [0.29, 0.717) is 6.42 Å². The summed E-state index contributed by atoms with van der Waals surface area (Å²) in [5, 5.41) is 0. The maximum absolute atomic E-state index is 11.4. The van der Waals surface area contributed by atoms with Gasteiger partial charge in [0.2, 0.25) is 5.91 Å². The van der Waals surface area contributed by atoms with Gasteiger partial charge in [0, 0.05) is 13.3 Å². The summed E-state index contributed by atoms with van der Waals surface area (Å²) in [6.45, 7) is 8.43. The first kappa shape index (κ1) is 18.7. The van der Waals surface area contributed by atoms with Crippen molar-refractivity contribution in [2.24, 2.45) is 0 Å². The lowest BCUT2D eigenvalue weighted by atomic mass is 10.3. The van der Waals surface area contributed by atoms with Crippen LogP contribution >= 0.6 is 0 Å². The van der Waals surface area contributed by atoms with Crippen LogP contribution in [-0.4, -0.2) is 29.4 Å². The van der Waals surface area contributed by atoms with E-state index in [1.165, 1.54) is 19.1 Å². The van der Waals surface area contributed by atoms with Crippen LogP contribution in [0.1, 0.15) is 47.5 Å². The summed E-state index contributed by atoms with van der Waals surface area (Å²) in [4.78, 5) is 34.4. The van der Waals surface area contributed by atoms with Crippen LogP contribution in [0.25, 0.3) is 0 Å². The smallest absolute Gasteiger partial charge is 0.307 e. The molecule has 0 unspecified atom stereocenters. The summed E-state index contributed by atoms with van der Waals surface area (Å²) in [7, 11) is 0. The molecule has 18 heavy (non-hydrogen) atoms. The Hall–Kier alpha value is -1.65. The van der Waals surface area contributed by atoms with Crippen molar-refractivity contribution >= 4 is 17.8 Å². The lowest BCUT2D eigenvalue weighted by Crippen LogP contribution is -2.36. The molecule has 0 aliphatic rings. The number of imide groups is 1. The van der Waals surface area contributed by atoms with E-state index in [4.69, 9.17) is 4.74 Å². The average Bonchev–Trinajstić information content (AvgIpc) is 2.32. The van der Waals surface area contributed by atoms with E-state index in [9.17, 15) is 14.4 Å². The minimum Gasteiger partial charge on any atom is -0.444 e. The number of hydrogen-bond donors (Lipinski definition) is 0. The van der Waals surface area contributed by atoms with Crippen LogP contribution in [0.4, 0.5) is 0 Å². The Balaban J connectivity index is 0. The lowest BCUT2D eigenvalue weighted by molar-refractivity contribution is -0.156. The van der Waals surface area contributed by atoms with E-state index >= 15 is 0 Å². The fourth-order valence-electron chi connectivity index (χ4n) is 0.955. The summed E-state index contributed by atoms with van der Waals surface area (Å²) < 4.78 is 4.78. The second kappa shape index (κ2) is 11.8. The van der Waals surface area contributed by atoms with Crippen LogP contribution in [0.2, 0.25) is 0 Å². The molecule has 0 aromatic rings. The number of hydrogen-bond acceptors (Lipinski definition) is 4. The van der Waals surface area contributed by atoms with Gasteiger partial charge in [-0.2, -0.15) is 0 Å². The zero-order valence-corrected chi connectivity index (χ0v) is 11.9.